The molecule has 1 unspecified atom stereocenters. The molecule has 0 saturated carbocycles. The first-order valence-corrected chi connectivity index (χ1v) is 7.46. The fraction of sp³-hybridized carbons (Fsp3) is 0.500. The van der Waals surface area contributed by atoms with E-state index in [0.717, 1.165) is 13.1 Å². The van der Waals surface area contributed by atoms with Gasteiger partial charge in [-0.3, -0.25) is 9.69 Å². The van der Waals surface area contributed by atoms with Crippen LogP contribution in [0.15, 0.2) is 30.3 Å². The second kappa shape index (κ2) is 8.27. The highest BCUT2D eigenvalue weighted by molar-refractivity contribution is 9.09. The fourth-order valence-electron chi connectivity index (χ4n) is 2.06. The second-order valence-electron chi connectivity index (χ2n) is 4.09. The number of halogens is 1. The SMILES string of the molecule is CCN(CC)C(CNC(=O)CBr)c1ccccc1. The lowest BCUT2D eigenvalue weighted by Crippen LogP contribution is -2.38. The molecule has 0 heterocycles. The molecular formula is C14H21BrN2O. The molecule has 1 amide bonds. The van der Waals surface area contributed by atoms with Crippen LogP contribution < -0.4 is 5.32 Å². The van der Waals surface area contributed by atoms with Crippen molar-refractivity contribution in [2.45, 2.75) is 19.9 Å². The third-order valence-corrected chi connectivity index (χ3v) is 3.56. The van der Waals surface area contributed by atoms with Crippen molar-refractivity contribution in [3.8, 4) is 0 Å². The van der Waals surface area contributed by atoms with E-state index in [9.17, 15) is 4.79 Å². The molecule has 0 aliphatic carbocycles. The van der Waals surface area contributed by atoms with Crippen molar-refractivity contribution in [2.75, 3.05) is 25.0 Å². The minimum absolute atomic E-state index is 0.0306. The number of rotatable bonds is 7. The number of nitrogens with zero attached hydrogens (tertiary/aromatic N) is 1. The van der Waals surface area contributed by atoms with Crippen molar-refractivity contribution in [1.82, 2.24) is 10.2 Å². The maximum Gasteiger partial charge on any atom is 0.230 e. The van der Waals surface area contributed by atoms with Crippen LogP contribution in [0.2, 0.25) is 0 Å². The van der Waals surface area contributed by atoms with Crippen molar-refractivity contribution >= 4 is 21.8 Å². The van der Waals surface area contributed by atoms with E-state index < -0.39 is 0 Å². The van der Waals surface area contributed by atoms with Gasteiger partial charge in [-0.05, 0) is 18.7 Å². The van der Waals surface area contributed by atoms with Crippen LogP contribution in [0.4, 0.5) is 0 Å². The summed E-state index contributed by atoms with van der Waals surface area (Å²) in [7, 11) is 0. The van der Waals surface area contributed by atoms with Crippen LogP contribution in [-0.4, -0.2) is 35.8 Å². The Labute approximate surface area is 118 Å². The van der Waals surface area contributed by atoms with Gasteiger partial charge in [-0.2, -0.15) is 0 Å². The van der Waals surface area contributed by atoms with E-state index >= 15 is 0 Å². The summed E-state index contributed by atoms with van der Waals surface area (Å²) in [6, 6.07) is 10.6. The van der Waals surface area contributed by atoms with Crippen LogP contribution in [0.5, 0.6) is 0 Å². The summed E-state index contributed by atoms with van der Waals surface area (Å²) in [6.45, 7) is 6.88. The van der Waals surface area contributed by atoms with E-state index in [4.69, 9.17) is 0 Å². The Morgan fingerprint density at radius 3 is 2.39 bits per heavy atom. The highest BCUT2D eigenvalue weighted by atomic mass is 79.9. The van der Waals surface area contributed by atoms with Crippen molar-refractivity contribution < 1.29 is 4.79 Å². The third kappa shape index (κ3) is 4.42. The van der Waals surface area contributed by atoms with Crippen LogP contribution in [-0.2, 0) is 4.79 Å². The Hall–Kier alpha value is -0.870. The number of carbonyl (C=O) groups excluding carboxylic acids is 1. The largest absolute Gasteiger partial charge is 0.353 e. The zero-order valence-corrected chi connectivity index (χ0v) is 12.6. The molecule has 0 bridgehead atoms. The lowest BCUT2D eigenvalue weighted by molar-refractivity contribution is -0.118. The Bertz CT molecular complexity index is 352. The topological polar surface area (TPSA) is 32.3 Å². The fourth-order valence-corrected chi connectivity index (χ4v) is 2.25. The predicted octanol–water partition coefficient (Wildman–Crippen LogP) is 2.58. The smallest absolute Gasteiger partial charge is 0.230 e. The summed E-state index contributed by atoms with van der Waals surface area (Å²) in [4.78, 5) is 13.7. The maximum atomic E-state index is 11.4. The van der Waals surface area contributed by atoms with Gasteiger partial charge in [0, 0.05) is 6.54 Å². The van der Waals surface area contributed by atoms with Gasteiger partial charge in [-0.1, -0.05) is 60.1 Å². The lowest BCUT2D eigenvalue weighted by atomic mass is 10.1. The monoisotopic (exact) mass is 312 g/mol. The molecule has 0 fully saturated rings. The van der Waals surface area contributed by atoms with E-state index in [1.165, 1.54) is 5.56 Å². The first-order chi connectivity index (χ1) is 8.72. The number of hydrogen-bond donors (Lipinski definition) is 1. The summed E-state index contributed by atoms with van der Waals surface area (Å²) in [6.07, 6.45) is 0. The normalized spacial score (nSPS) is 12.4. The standard InChI is InChI=1S/C14H21BrN2O/c1-3-17(4-2)13(11-16-14(18)10-15)12-8-6-5-7-9-12/h5-9,13H,3-4,10-11H2,1-2H3,(H,16,18). The molecule has 1 atom stereocenters. The van der Waals surface area contributed by atoms with Crippen molar-refractivity contribution in [1.29, 1.82) is 0 Å². The molecule has 1 aromatic rings. The van der Waals surface area contributed by atoms with Crippen LogP contribution in [0.3, 0.4) is 0 Å². The molecule has 0 aliphatic heterocycles. The Morgan fingerprint density at radius 1 is 1.28 bits per heavy atom. The summed E-state index contributed by atoms with van der Waals surface area (Å²) in [5, 5.41) is 3.31. The first-order valence-electron chi connectivity index (χ1n) is 6.34. The van der Waals surface area contributed by atoms with Gasteiger partial charge in [0.25, 0.3) is 0 Å². The van der Waals surface area contributed by atoms with Gasteiger partial charge in [-0.15, -0.1) is 0 Å². The van der Waals surface area contributed by atoms with Crippen LogP contribution >= 0.6 is 15.9 Å². The maximum absolute atomic E-state index is 11.4. The van der Waals surface area contributed by atoms with Gasteiger partial charge in [0.15, 0.2) is 0 Å². The number of carbonyl (C=O) groups is 1. The van der Waals surface area contributed by atoms with Crippen molar-refractivity contribution in [3.63, 3.8) is 0 Å². The highest BCUT2D eigenvalue weighted by Crippen LogP contribution is 2.19. The van der Waals surface area contributed by atoms with E-state index in [0.29, 0.717) is 11.9 Å². The molecule has 18 heavy (non-hydrogen) atoms. The highest BCUT2D eigenvalue weighted by Gasteiger charge is 2.18. The summed E-state index contributed by atoms with van der Waals surface area (Å²) in [5.74, 6) is 0.0306. The third-order valence-electron chi connectivity index (χ3n) is 3.05. The van der Waals surface area contributed by atoms with Gasteiger partial charge in [0.1, 0.15) is 0 Å². The zero-order chi connectivity index (χ0) is 13.4. The number of likely N-dealkylation sites (N-methyl/N-ethyl adjacent to an activating group) is 1. The molecule has 0 saturated heterocycles. The van der Waals surface area contributed by atoms with Gasteiger partial charge in [0.2, 0.25) is 5.91 Å². The first kappa shape index (κ1) is 15.2. The van der Waals surface area contributed by atoms with Gasteiger partial charge < -0.3 is 5.32 Å². The van der Waals surface area contributed by atoms with E-state index in [-0.39, 0.29) is 11.9 Å². The zero-order valence-electron chi connectivity index (χ0n) is 11.0. The van der Waals surface area contributed by atoms with Gasteiger partial charge in [0.05, 0.1) is 11.4 Å². The minimum atomic E-state index is 0.0306. The van der Waals surface area contributed by atoms with Crippen molar-refractivity contribution in [3.05, 3.63) is 35.9 Å². The van der Waals surface area contributed by atoms with Gasteiger partial charge >= 0.3 is 0 Å². The quantitative estimate of drug-likeness (QED) is 0.785. The molecule has 3 nitrogen and oxygen atoms in total. The molecule has 0 radical (unpaired) electrons. The average Bonchev–Trinajstić information content (AvgIpc) is 2.44. The second-order valence-corrected chi connectivity index (χ2v) is 4.65. The molecule has 4 heteroatoms. The number of benzene rings is 1. The molecule has 100 valence electrons. The van der Waals surface area contributed by atoms with Crippen LogP contribution in [0, 0.1) is 0 Å². The predicted molar refractivity (Wildman–Crippen MR) is 78.9 cm³/mol. The lowest BCUT2D eigenvalue weighted by Gasteiger charge is -2.30. The molecule has 1 aromatic carbocycles. The molecule has 1 rings (SSSR count). The summed E-state index contributed by atoms with van der Waals surface area (Å²) >= 11 is 3.17. The number of hydrogen-bond acceptors (Lipinski definition) is 2. The Morgan fingerprint density at radius 2 is 1.89 bits per heavy atom. The van der Waals surface area contributed by atoms with Crippen LogP contribution in [0.25, 0.3) is 0 Å². The average molecular weight is 313 g/mol. The molecule has 0 spiro atoms. The Kier molecular flexibility index (Phi) is 6.98. The molecule has 0 aromatic heterocycles. The van der Waals surface area contributed by atoms with E-state index in [1.807, 2.05) is 18.2 Å². The molecule has 0 aliphatic rings. The van der Waals surface area contributed by atoms with E-state index in [2.05, 4.69) is 52.1 Å². The minimum Gasteiger partial charge on any atom is -0.353 e. The van der Waals surface area contributed by atoms with Crippen LogP contribution in [0.1, 0.15) is 25.5 Å². The number of alkyl halides is 1. The Balaban J connectivity index is 2.78. The summed E-state index contributed by atoms with van der Waals surface area (Å²) < 4.78 is 0. The molecule has 1 N–H and O–H groups in total. The number of amides is 1. The van der Waals surface area contributed by atoms with Gasteiger partial charge in [-0.25, -0.2) is 0 Å². The number of nitrogens with one attached hydrogen (secondary N) is 1. The summed E-state index contributed by atoms with van der Waals surface area (Å²) in [5.41, 5.74) is 1.25. The van der Waals surface area contributed by atoms with Crippen molar-refractivity contribution in [2.24, 2.45) is 0 Å². The van der Waals surface area contributed by atoms with E-state index in [1.54, 1.807) is 0 Å². The molecular weight excluding hydrogens is 292 g/mol.